The van der Waals surface area contributed by atoms with Gasteiger partial charge in [0.1, 0.15) is 11.5 Å². The Labute approximate surface area is 376 Å². The van der Waals surface area contributed by atoms with Gasteiger partial charge in [-0.05, 0) is 128 Å². The second kappa shape index (κ2) is 17.1. The van der Waals surface area contributed by atoms with Crippen molar-refractivity contribution < 1.29 is 9.47 Å². The molecule has 4 aromatic carbocycles. The number of benzene rings is 4. The Hall–Kier alpha value is -6.22. The minimum atomic E-state index is -0.131. The monoisotopic (exact) mass is 844 g/mol. The fraction of sp³-hybridized carbons (Fsp3) is 0.321. The van der Waals surface area contributed by atoms with Crippen molar-refractivity contribution in [2.45, 2.75) is 49.6 Å². The molecule has 6 fully saturated rings. The first-order chi connectivity index (χ1) is 31.5. The lowest BCUT2D eigenvalue weighted by atomic mass is 9.68. The van der Waals surface area contributed by atoms with Crippen molar-refractivity contribution in [1.82, 2.24) is 29.7 Å². The van der Waals surface area contributed by atoms with Crippen LogP contribution in [0, 0.1) is 23.7 Å². The largest absolute Gasteiger partial charge is 0.497 e. The number of ether oxygens (including phenoxy) is 2. The van der Waals surface area contributed by atoms with E-state index in [2.05, 4.69) is 132 Å². The van der Waals surface area contributed by atoms with Crippen LogP contribution in [0.15, 0.2) is 147 Å². The zero-order valence-corrected chi connectivity index (χ0v) is 36.9. The van der Waals surface area contributed by atoms with Gasteiger partial charge in [0.2, 0.25) is 0 Å². The highest BCUT2D eigenvalue weighted by Crippen LogP contribution is 2.52. The van der Waals surface area contributed by atoms with E-state index in [4.69, 9.17) is 29.4 Å². The molecule has 8 heteroatoms. The van der Waals surface area contributed by atoms with Gasteiger partial charge in [0, 0.05) is 71.3 Å². The van der Waals surface area contributed by atoms with Gasteiger partial charge in [-0.15, -0.1) is 13.2 Å². The van der Waals surface area contributed by atoms with Gasteiger partial charge in [-0.2, -0.15) is 0 Å². The zero-order chi connectivity index (χ0) is 43.3. The molecule has 3 aromatic heterocycles. The number of hydrogen-bond donors (Lipinski definition) is 0. The van der Waals surface area contributed by atoms with Crippen molar-refractivity contribution in [2.75, 3.05) is 40.4 Å². The van der Waals surface area contributed by atoms with E-state index in [1.807, 2.05) is 24.5 Å². The lowest BCUT2D eigenvalue weighted by molar-refractivity contribution is 0.0108. The van der Waals surface area contributed by atoms with Gasteiger partial charge in [-0.3, -0.25) is 19.8 Å². The summed E-state index contributed by atoms with van der Waals surface area (Å²) in [7, 11) is 3.49. The molecular weight excluding hydrogens is 789 g/mol. The lowest BCUT2D eigenvalue weighted by Gasteiger charge is -2.52. The molecule has 13 rings (SSSR count). The fourth-order valence-corrected chi connectivity index (χ4v) is 12.2. The average Bonchev–Trinajstić information content (AvgIpc) is 3.37. The molecule has 4 unspecified atom stereocenters. The van der Waals surface area contributed by atoms with Crippen LogP contribution in [-0.4, -0.2) is 82.2 Å². The van der Waals surface area contributed by atoms with Crippen LogP contribution in [0.4, 0.5) is 0 Å². The SMILES string of the molecule is C=C[C@H]1CN2CCC1C[C@H]2[C@H](c1nc(-c2ccccc2)nc([C@H](c2ccnc3ccc(OC)cc23)[C@@H]2CC3CCN2C[C@@H]3C=C)c1-c1ccccc1)c1ccnc2ccc(OC)cc12. The van der Waals surface area contributed by atoms with Crippen molar-refractivity contribution in [2.24, 2.45) is 23.7 Å². The summed E-state index contributed by atoms with van der Waals surface area (Å²) in [4.78, 5) is 27.2. The number of hydrogen-bond acceptors (Lipinski definition) is 8. The predicted octanol–water partition coefficient (Wildman–Crippen LogP) is 11.0. The summed E-state index contributed by atoms with van der Waals surface area (Å²) in [6, 6.07) is 39.0. The molecule has 0 saturated carbocycles. The Morgan fingerprint density at radius 3 is 1.48 bits per heavy atom. The van der Waals surface area contributed by atoms with E-state index in [0.717, 1.165) is 106 Å². The van der Waals surface area contributed by atoms with E-state index in [9.17, 15) is 0 Å². The van der Waals surface area contributed by atoms with E-state index in [-0.39, 0.29) is 23.9 Å². The first kappa shape index (κ1) is 40.5. The van der Waals surface area contributed by atoms with E-state index in [1.54, 1.807) is 14.2 Å². The topological polar surface area (TPSA) is 76.5 Å². The van der Waals surface area contributed by atoms with Crippen LogP contribution in [0.1, 0.15) is 60.0 Å². The molecule has 10 atom stereocenters. The number of nitrogens with zero attached hydrogens (tertiary/aromatic N) is 6. The number of aromatic nitrogens is 4. The lowest BCUT2D eigenvalue weighted by Crippen LogP contribution is -2.55. The molecule has 7 aromatic rings. The second-order valence-electron chi connectivity index (χ2n) is 18.4. The van der Waals surface area contributed by atoms with Gasteiger partial charge in [0.15, 0.2) is 5.82 Å². The first-order valence-corrected chi connectivity index (χ1v) is 23.1. The molecule has 0 spiro atoms. The van der Waals surface area contributed by atoms with Gasteiger partial charge >= 0.3 is 0 Å². The van der Waals surface area contributed by atoms with E-state index in [0.29, 0.717) is 23.7 Å². The van der Waals surface area contributed by atoms with Crippen LogP contribution < -0.4 is 9.47 Å². The predicted molar refractivity (Wildman–Crippen MR) is 257 cm³/mol. The molecule has 6 aliphatic rings. The summed E-state index contributed by atoms with van der Waals surface area (Å²) in [5, 5.41) is 2.18. The molecule has 0 aliphatic carbocycles. The van der Waals surface area contributed by atoms with Gasteiger partial charge < -0.3 is 9.47 Å². The minimum absolute atomic E-state index is 0.131. The fourth-order valence-electron chi connectivity index (χ4n) is 12.2. The second-order valence-corrected chi connectivity index (χ2v) is 18.4. The van der Waals surface area contributed by atoms with E-state index >= 15 is 0 Å². The third-order valence-electron chi connectivity index (χ3n) is 15.4. The highest BCUT2D eigenvalue weighted by molar-refractivity contribution is 5.87. The highest BCUT2D eigenvalue weighted by Gasteiger charge is 2.48. The maximum atomic E-state index is 5.92. The van der Waals surface area contributed by atoms with Crippen LogP contribution in [0.3, 0.4) is 0 Å². The van der Waals surface area contributed by atoms with Crippen molar-refractivity contribution >= 4 is 21.8 Å². The number of pyridine rings is 2. The standard InChI is InChI=1S/C56H56N6O2/c1-5-35-33-61-27-23-39(35)29-49(61)52(43-21-25-57-47-19-17-41(63-3)31-45(43)47)54-51(37-13-9-7-10-14-37)55(60-56(59-54)38-15-11-8-12-16-38)53(50-30-40-24-28-62(50)34-36(40)6-2)44-22-26-58-48-20-18-42(64-4)32-46(44)48/h5-22,25-26,31-32,35-36,39-40,49-50,52-53H,1-2,23-24,27-30,33-34H2,3-4H3/t35-,36-,39?,40?,49-,50-,52+,53+/m0/s1. The maximum Gasteiger partial charge on any atom is 0.159 e. The zero-order valence-electron chi connectivity index (χ0n) is 36.9. The normalized spacial score (nSPS) is 25.8. The van der Waals surface area contributed by atoms with Gasteiger partial charge in [0.05, 0.1) is 36.6 Å². The summed E-state index contributed by atoms with van der Waals surface area (Å²) in [6.45, 7) is 12.7. The molecule has 6 saturated heterocycles. The third kappa shape index (κ3) is 7.08. The summed E-state index contributed by atoms with van der Waals surface area (Å²) < 4.78 is 11.8. The number of piperidine rings is 6. The van der Waals surface area contributed by atoms with E-state index < -0.39 is 0 Å². The van der Waals surface area contributed by atoms with Gasteiger partial charge in [-0.1, -0.05) is 72.8 Å². The summed E-state index contributed by atoms with van der Waals surface area (Å²) in [5.41, 5.74) is 9.65. The molecule has 4 bridgehead atoms. The molecule has 64 heavy (non-hydrogen) atoms. The van der Waals surface area contributed by atoms with Crippen LogP contribution in [0.2, 0.25) is 0 Å². The van der Waals surface area contributed by atoms with Gasteiger partial charge in [-0.25, -0.2) is 9.97 Å². The van der Waals surface area contributed by atoms with Crippen molar-refractivity contribution in [1.29, 1.82) is 0 Å². The Morgan fingerprint density at radius 2 is 1.06 bits per heavy atom. The van der Waals surface area contributed by atoms with Gasteiger partial charge in [0.25, 0.3) is 0 Å². The van der Waals surface area contributed by atoms with Crippen molar-refractivity contribution in [3.63, 3.8) is 0 Å². The molecular formula is C56H56N6O2. The quantitative estimate of drug-likeness (QED) is 0.113. The molecule has 6 aliphatic heterocycles. The van der Waals surface area contributed by atoms with E-state index in [1.165, 1.54) is 24.0 Å². The Morgan fingerprint density at radius 1 is 0.594 bits per heavy atom. The van der Waals surface area contributed by atoms with Crippen molar-refractivity contribution in [3.8, 4) is 34.0 Å². The maximum absolute atomic E-state index is 5.92. The van der Waals surface area contributed by atoms with Crippen LogP contribution in [0.25, 0.3) is 44.3 Å². The minimum Gasteiger partial charge on any atom is -0.497 e. The average molecular weight is 845 g/mol. The third-order valence-corrected chi connectivity index (χ3v) is 15.4. The molecule has 9 heterocycles. The number of fused-ring (bicyclic) bond motifs is 8. The van der Waals surface area contributed by atoms with Crippen LogP contribution in [-0.2, 0) is 0 Å². The Bertz CT molecular complexity index is 2700. The Balaban J connectivity index is 1.26. The summed E-state index contributed by atoms with van der Waals surface area (Å²) >= 11 is 0. The van der Waals surface area contributed by atoms with Crippen LogP contribution >= 0.6 is 0 Å². The Kier molecular flexibility index (Phi) is 10.8. The smallest absolute Gasteiger partial charge is 0.159 e. The van der Waals surface area contributed by atoms with Crippen molar-refractivity contribution in [3.05, 3.63) is 169 Å². The molecule has 0 radical (unpaired) electrons. The number of rotatable bonds is 12. The summed E-state index contributed by atoms with van der Waals surface area (Å²) in [5.74, 6) is 4.12. The van der Waals surface area contributed by atoms with Crippen LogP contribution in [0.5, 0.6) is 11.5 Å². The molecule has 322 valence electrons. The molecule has 0 amide bonds. The first-order valence-electron chi connectivity index (χ1n) is 23.1. The summed E-state index contributed by atoms with van der Waals surface area (Å²) in [6.07, 6.45) is 12.8. The number of methoxy groups -OCH3 is 2. The highest BCUT2D eigenvalue weighted by atomic mass is 16.5. The molecule has 0 N–H and O–H groups in total. The molecule has 8 nitrogen and oxygen atoms in total.